The zero-order valence-corrected chi connectivity index (χ0v) is 15.6. The lowest BCUT2D eigenvalue weighted by Crippen LogP contribution is -2.47. The minimum absolute atomic E-state index is 0.491. The van der Waals surface area contributed by atoms with Gasteiger partial charge in [-0.1, -0.05) is 0 Å². The second-order valence-corrected chi connectivity index (χ2v) is 7.35. The summed E-state index contributed by atoms with van der Waals surface area (Å²) in [6.45, 7) is 6.85. The van der Waals surface area contributed by atoms with Gasteiger partial charge >= 0.3 is 0 Å². The summed E-state index contributed by atoms with van der Waals surface area (Å²) in [5, 5.41) is 14.3. The average molecular weight is 356 g/mol. The Morgan fingerprint density at radius 3 is 2.50 bits per heavy atom. The van der Waals surface area contributed by atoms with Gasteiger partial charge < -0.3 is 14.7 Å². The molecule has 1 fully saturated rings. The maximum Gasteiger partial charge on any atom is 0.119 e. The fraction of sp³-hybridized carbons (Fsp3) is 0.550. The molecule has 6 nitrogen and oxygen atoms in total. The number of piperidine rings is 1. The number of hydrogen-bond donors (Lipinski definition) is 1. The summed E-state index contributed by atoms with van der Waals surface area (Å²) in [7, 11) is 1.70. The number of fused-ring (bicyclic) bond motifs is 1. The minimum atomic E-state index is -0.491. The first-order valence-electron chi connectivity index (χ1n) is 9.52. The van der Waals surface area contributed by atoms with Crippen molar-refractivity contribution in [3.05, 3.63) is 41.7 Å². The standard InChI is InChI=1S/C20H28N4O2/c1-15(25)20-13-18-14-23(11-12-24(18)21-20)17-7-9-22(10-8-17)16-3-5-19(26-2)6-4-16/h3-6,13,15,17,25H,7-12,14H2,1-2H3/t15-/m1/s1. The Morgan fingerprint density at radius 2 is 1.85 bits per heavy atom. The van der Waals surface area contributed by atoms with E-state index in [1.54, 1.807) is 14.0 Å². The Hall–Kier alpha value is -2.05. The van der Waals surface area contributed by atoms with Crippen LogP contribution in [-0.4, -0.2) is 52.6 Å². The van der Waals surface area contributed by atoms with E-state index in [0.717, 1.165) is 44.2 Å². The zero-order valence-electron chi connectivity index (χ0n) is 15.6. The number of benzene rings is 1. The maximum absolute atomic E-state index is 9.76. The molecule has 2 aliphatic rings. The third kappa shape index (κ3) is 3.44. The highest BCUT2D eigenvalue weighted by atomic mass is 16.5. The molecule has 26 heavy (non-hydrogen) atoms. The van der Waals surface area contributed by atoms with E-state index in [-0.39, 0.29) is 0 Å². The highest BCUT2D eigenvalue weighted by molar-refractivity contribution is 5.49. The molecule has 2 aliphatic heterocycles. The van der Waals surface area contributed by atoms with E-state index in [0.29, 0.717) is 6.04 Å². The number of hydrogen-bond acceptors (Lipinski definition) is 5. The molecule has 1 N–H and O–H groups in total. The lowest BCUT2D eigenvalue weighted by molar-refractivity contribution is 0.129. The number of methoxy groups -OCH3 is 1. The summed E-state index contributed by atoms with van der Waals surface area (Å²) >= 11 is 0. The fourth-order valence-corrected chi connectivity index (χ4v) is 4.11. The number of rotatable bonds is 4. The first kappa shape index (κ1) is 17.4. The SMILES string of the molecule is COc1ccc(N2CCC(N3CCn4nc([C@@H](C)O)cc4C3)CC2)cc1. The van der Waals surface area contributed by atoms with Gasteiger partial charge in [0.25, 0.3) is 0 Å². The van der Waals surface area contributed by atoms with Crippen LogP contribution >= 0.6 is 0 Å². The van der Waals surface area contributed by atoms with Crippen molar-refractivity contribution in [2.45, 2.75) is 45.0 Å². The number of aliphatic hydroxyl groups excluding tert-OH is 1. The van der Waals surface area contributed by atoms with Crippen LogP contribution in [0, 0.1) is 0 Å². The Balaban J connectivity index is 1.36. The van der Waals surface area contributed by atoms with Crippen molar-refractivity contribution in [3.8, 4) is 5.75 Å². The Kier molecular flexibility index (Phi) is 4.87. The molecule has 4 rings (SSSR count). The molecule has 0 saturated carbocycles. The number of nitrogens with zero attached hydrogens (tertiary/aromatic N) is 4. The van der Waals surface area contributed by atoms with E-state index in [9.17, 15) is 5.11 Å². The molecular weight excluding hydrogens is 328 g/mol. The summed E-state index contributed by atoms with van der Waals surface area (Å²) < 4.78 is 7.31. The molecule has 0 unspecified atom stereocenters. The van der Waals surface area contributed by atoms with Crippen LogP contribution in [0.3, 0.4) is 0 Å². The van der Waals surface area contributed by atoms with Gasteiger partial charge in [0.15, 0.2) is 0 Å². The molecular formula is C20H28N4O2. The van der Waals surface area contributed by atoms with Gasteiger partial charge in [0, 0.05) is 37.9 Å². The van der Waals surface area contributed by atoms with E-state index < -0.39 is 6.10 Å². The molecule has 2 aromatic rings. The normalized spacial score (nSPS) is 20.0. The van der Waals surface area contributed by atoms with Gasteiger partial charge in [0.2, 0.25) is 0 Å². The van der Waals surface area contributed by atoms with Crippen LogP contribution in [-0.2, 0) is 13.1 Å². The topological polar surface area (TPSA) is 53.8 Å². The minimum Gasteiger partial charge on any atom is -0.497 e. The number of aliphatic hydroxyl groups is 1. The molecule has 140 valence electrons. The second-order valence-electron chi connectivity index (χ2n) is 7.35. The van der Waals surface area contributed by atoms with Crippen molar-refractivity contribution in [1.29, 1.82) is 0 Å². The second kappa shape index (κ2) is 7.29. The molecule has 0 spiro atoms. The molecule has 0 aliphatic carbocycles. The van der Waals surface area contributed by atoms with Crippen molar-refractivity contribution in [2.75, 3.05) is 31.6 Å². The molecule has 6 heteroatoms. The molecule has 0 bridgehead atoms. The van der Waals surface area contributed by atoms with Crippen molar-refractivity contribution < 1.29 is 9.84 Å². The smallest absolute Gasteiger partial charge is 0.119 e. The Labute approximate surface area is 155 Å². The van der Waals surface area contributed by atoms with Crippen molar-refractivity contribution in [1.82, 2.24) is 14.7 Å². The van der Waals surface area contributed by atoms with Gasteiger partial charge in [0.05, 0.1) is 31.1 Å². The average Bonchev–Trinajstić information content (AvgIpc) is 3.12. The predicted molar refractivity (Wildman–Crippen MR) is 101 cm³/mol. The van der Waals surface area contributed by atoms with Crippen molar-refractivity contribution in [2.24, 2.45) is 0 Å². The lowest BCUT2D eigenvalue weighted by Gasteiger charge is -2.41. The van der Waals surface area contributed by atoms with Crippen LogP contribution in [0.4, 0.5) is 5.69 Å². The maximum atomic E-state index is 9.76. The number of aromatic nitrogens is 2. The Morgan fingerprint density at radius 1 is 1.12 bits per heavy atom. The van der Waals surface area contributed by atoms with Gasteiger partial charge in [0.1, 0.15) is 5.75 Å². The molecule has 1 aromatic heterocycles. The molecule has 0 amide bonds. The van der Waals surface area contributed by atoms with Gasteiger partial charge in [-0.15, -0.1) is 0 Å². The van der Waals surface area contributed by atoms with Crippen LogP contribution in [0.1, 0.15) is 37.3 Å². The van der Waals surface area contributed by atoms with E-state index in [2.05, 4.69) is 37.8 Å². The summed E-state index contributed by atoms with van der Waals surface area (Å²) in [5.74, 6) is 0.908. The van der Waals surface area contributed by atoms with E-state index in [1.165, 1.54) is 24.2 Å². The first-order chi connectivity index (χ1) is 12.6. The van der Waals surface area contributed by atoms with Crippen LogP contribution in [0.15, 0.2) is 30.3 Å². The van der Waals surface area contributed by atoms with Crippen LogP contribution < -0.4 is 9.64 Å². The number of anilines is 1. The summed E-state index contributed by atoms with van der Waals surface area (Å²) in [4.78, 5) is 5.06. The molecule has 1 atom stereocenters. The van der Waals surface area contributed by atoms with Gasteiger partial charge in [-0.05, 0) is 50.1 Å². The Bertz CT molecular complexity index is 733. The summed E-state index contributed by atoms with van der Waals surface area (Å²) in [5.41, 5.74) is 3.29. The fourth-order valence-electron chi connectivity index (χ4n) is 4.11. The van der Waals surface area contributed by atoms with E-state index in [4.69, 9.17) is 4.74 Å². The van der Waals surface area contributed by atoms with E-state index in [1.807, 2.05) is 12.1 Å². The number of ether oxygens (including phenoxy) is 1. The van der Waals surface area contributed by atoms with Crippen molar-refractivity contribution in [3.63, 3.8) is 0 Å². The van der Waals surface area contributed by atoms with Gasteiger partial charge in [-0.25, -0.2) is 0 Å². The predicted octanol–water partition coefficient (Wildman–Crippen LogP) is 2.43. The monoisotopic (exact) mass is 356 g/mol. The molecule has 0 radical (unpaired) electrons. The third-order valence-corrected chi connectivity index (χ3v) is 5.69. The summed E-state index contributed by atoms with van der Waals surface area (Å²) in [6, 6.07) is 11.1. The third-order valence-electron chi connectivity index (χ3n) is 5.69. The highest BCUT2D eigenvalue weighted by Gasteiger charge is 2.28. The quantitative estimate of drug-likeness (QED) is 0.912. The van der Waals surface area contributed by atoms with Crippen LogP contribution in [0.25, 0.3) is 0 Å². The molecule has 1 aromatic carbocycles. The first-order valence-corrected chi connectivity index (χ1v) is 9.52. The zero-order chi connectivity index (χ0) is 18.1. The summed E-state index contributed by atoms with van der Waals surface area (Å²) in [6.07, 6.45) is 1.88. The van der Waals surface area contributed by atoms with Crippen molar-refractivity contribution >= 4 is 5.69 Å². The highest BCUT2D eigenvalue weighted by Crippen LogP contribution is 2.27. The lowest BCUT2D eigenvalue weighted by atomic mass is 10.0. The van der Waals surface area contributed by atoms with Crippen LogP contribution in [0.2, 0.25) is 0 Å². The largest absolute Gasteiger partial charge is 0.497 e. The van der Waals surface area contributed by atoms with Gasteiger partial charge in [-0.3, -0.25) is 9.58 Å². The van der Waals surface area contributed by atoms with Gasteiger partial charge in [-0.2, -0.15) is 5.10 Å². The van der Waals surface area contributed by atoms with E-state index >= 15 is 0 Å². The molecule has 3 heterocycles. The molecule has 1 saturated heterocycles. The van der Waals surface area contributed by atoms with Crippen LogP contribution in [0.5, 0.6) is 5.75 Å².